The molecular formula is C18H19BrClN5O. The van der Waals surface area contributed by atoms with E-state index in [1.807, 2.05) is 25.1 Å². The maximum absolute atomic E-state index is 12.7. The molecule has 2 aromatic rings. The first-order valence-corrected chi connectivity index (χ1v) is 9.84. The molecule has 1 amide bonds. The monoisotopic (exact) mass is 435 g/mol. The molecular weight excluding hydrogens is 418 g/mol. The third-order valence-electron chi connectivity index (χ3n) is 5.22. The van der Waals surface area contributed by atoms with E-state index in [2.05, 4.69) is 47.7 Å². The Morgan fingerprint density at radius 1 is 1.31 bits per heavy atom. The van der Waals surface area contributed by atoms with E-state index in [0.717, 1.165) is 59.7 Å². The highest BCUT2D eigenvalue weighted by atomic mass is 79.9. The zero-order valence-electron chi connectivity index (χ0n) is 14.4. The highest BCUT2D eigenvalue weighted by molar-refractivity contribution is 9.10. The minimum absolute atomic E-state index is 0.0979. The topological polar surface area (TPSA) is 70.2 Å². The van der Waals surface area contributed by atoms with Gasteiger partial charge < -0.3 is 15.5 Å². The lowest BCUT2D eigenvalue weighted by atomic mass is 9.73. The van der Waals surface area contributed by atoms with E-state index in [0.29, 0.717) is 5.15 Å². The van der Waals surface area contributed by atoms with Crippen LogP contribution in [0.4, 0.5) is 17.2 Å². The minimum atomic E-state index is -0.458. The van der Waals surface area contributed by atoms with Gasteiger partial charge in [0.2, 0.25) is 5.91 Å². The summed E-state index contributed by atoms with van der Waals surface area (Å²) in [5.74, 6) is 0.883. The highest BCUT2D eigenvalue weighted by Crippen LogP contribution is 2.46. The predicted octanol–water partition coefficient (Wildman–Crippen LogP) is 3.81. The number of aromatic nitrogens is 2. The number of halogens is 2. The second-order valence-electron chi connectivity index (χ2n) is 6.65. The molecule has 0 unspecified atom stereocenters. The van der Waals surface area contributed by atoms with Gasteiger partial charge in [-0.1, -0.05) is 27.5 Å². The van der Waals surface area contributed by atoms with Crippen LogP contribution in [0.1, 0.15) is 25.3 Å². The van der Waals surface area contributed by atoms with Crippen molar-refractivity contribution in [3.8, 4) is 0 Å². The molecule has 0 saturated carbocycles. The summed E-state index contributed by atoms with van der Waals surface area (Å²) in [6.45, 7) is 4.25. The van der Waals surface area contributed by atoms with Crippen LogP contribution in [0.25, 0.3) is 0 Å². The molecule has 8 heteroatoms. The molecule has 26 heavy (non-hydrogen) atoms. The van der Waals surface area contributed by atoms with Crippen molar-refractivity contribution in [3.63, 3.8) is 0 Å². The third-order valence-corrected chi connectivity index (χ3v) is 6.00. The summed E-state index contributed by atoms with van der Waals surface area (Å²) < 4.78 is 0.994. The predicted molar refractivity (Wildman–Crippen MR) is 107 cm³/mol. The molecule has 0 radical (unpaired) electrons. The van der Waals surface area contributed by atoms with E-state index in [4.69, 9.17) is 11.6 Å². The van der Waals surface area contributed by atoms with Gasteiger partial charge in [0.05, 0.1) is 11.1 Å². The lowest BCUT2D eigenvalue weighted by molar-refractivity contribution is -0.121. The van der Waals surface area contributed by atoms with Crippen LogP contribution in [-0.2, 0) is 10.2 Å². The van der Waals surface area contributed by atoms with Gasteiger partial charge in [0.1, 0.15) is 0 Å². The number of nitrogens with zero attached hydrogens (tertiary/aromatic N) is 3. The Bertz CT molecular complexity index is 867. The molecule has 1 fully saturated rings. The number of amides is 1. The van der Waals surface area contributed by atoms with Gasteiger partial charge >= 0.3 is 0 Å². The average Bonchev–Trinajstić information content (AvgIpc) is 2.90. The van der Waals surface area contributed by atoms with E-state index in [1.54, 1.807) is 0 Å². The van der Waals surface area contributed by atoms with Crippen LogP contribution in [0.5, 0.6) is 0 Å². The van der Waals surface area contributed by atoms with Gasteiger partial charge in [-0.05, 0) is 43.5 Å². The van der Waals surface area contributed by atoms with Gasteiger partial charge in [0.25, 0.3) is 0 Å². The highest BCUT2D eigenvalue weighted by Gasteiger charge is 2.48. The molecule has 1 aromatic carbocycles. The van der Waals surface area contributed by atoms with E-state index in [9.17, 15) is 4.79 Å². The quantitative estimate of drug-likeness (QED) is 0.765. The summed E-state index contributed by atoms with van der Waals surface area (Å²) in [6.07, 6.45) is 1.48. The summed E-state index contributed by atoms with van der Waals surface area (Å²) >= 11 is 9.62. The summed E-state index contributed by atoms with van der Waals surface area (Å²) in [5.41, 5.74) is 2.34. The Kier molecular flexibility index (Phi) is 4.52. The van der Waals surface area contributed by atoms with Crippen molar-refractivity contribution in [2.75, 3.05) is 35.2 Å². The number of fused-ring (bicyclic) bond motifs is 2. The summed E-state index contributed by atoms with van der Waals surface area (Å²) in [6, 6.07) is 7.91. The molecule has 2 N–H and O–H groups in total. The molecule has 0 bridgehead atoms. The van der Waals surface area contributed by atoms with Crippen LogP contribution in [0, 0.1) is 0 Å². The first-order chi connectivity index (χ1) is 12.5. The fraction of sp³-hybridized carbons (Fsp3) is 0.389. The Balaban J connectivity index is 1.58. The van der Waals surface area contributed by atoms with Crippen molar-refractivity contribution in [2.24, 2.45) is 0 Å². The number of anilines is 3. The lowest BCUT2D eigenvalue weighted by Crippen LogP contribution is -2.46. The SMILES string of the molecule is CCNc1cc(N2CCC3(CC2)C(=O)Nc2ccc(Br)cc23)nnc1Cl. The molecule has 0 atom stereocenters. The second kappa shape index (κ2) is 6.70. The maximum Gasteiger partial charge on any atom is 0.235 e. The average molecular weight is 437 g/mol. The molecule has 3 heterocycles. The normalized spacial score (nSPS) is 18.0. The van der Waals surface area contributed by atoms with Gasteiger partial charge in [-0.3, -0.25) is 4.79 Å². The second-order valence-corrected chi connectivity index (χ2v) is 7.92. The van der Waals surface area contributed by atoms with Gasteiger partial charge in [-0.25, -0.2) is 0 Å². The van der Waals surface area contributed by atoms with Crippen molar-refractivity contribution < 1.29 is 4.79 Å². The smallest absolute Gasteiger partial charge is 0.235 e. The van der Waals surface area contributed by atoms with E-state index < -0.39 is 5.41 Å². The lowest BCUT2D eigenvalue weighted by Gasteiger charge is -2.38. The van der Waals surface area contributed by atoms with Crippen molar-refractivity contribution in [1.29, 1.82) is 0 Å². The largest absolute Gasteiger partial charge is 0.383 e. The Labute approximate surface area is 165 Å². The summed E-state index contributed by atoms with van der Waals surface area (Å²) in [4.78, 5) is 14.9. The van der Waals surface area contributed by atoms with Crippen molar-refractivity contribution in [2.45, 2.75) is 25.2 Å². The Hall–Kier alpha value is -1.86. The fourth-order valence-electron chi connectivity index (χ4n) is 3.84. The van der Waals surface area contributed by atoms with E-state index >= 15 is 0 Å². The standard InChI is InChI=1S/C18H19BrClN5O/c1-2-21-14-10-15(23-24-16(14)20)25-7-5-18(6-8-25)12-9-11(19)3-4-13(12)22-17(18)26/h3-4,9-10H,2,5-8H2,1H3,(H,21,23)(H,22,26). The van der Waals surface area contributed by atoms with Crippen LogP contribution >= 0.6 is 27.5 Å². The van der Waals surface area contributed by atoms with Gasteiger partial charge in [-0.15, -0.1) is 10.2 Å². The van der Waals surface area contributed by atoms with E-state index in [-0.39, 0.29) is 5.91 Å². The number of carbonyl (C=O) groups is 1. The van der Waals surface area contributed by atoms with Crippen LogP contribution in [0.3, 0.4) is 0 Å². The molecule has 2 aliphatic heterocycles. The molecule has 1 spiro atoms. The van der Waals surface area contributed by atoms with Crippen molar-refractivity contribution in [1.82, 2.24) is 10.2 Å². The Morgan fingerprint density at radius 3 is 2.81 bits per heavy atom. The van der Waals surface area contributed by atoms with Crippen molar-refractivity contribution >= 4 is 50.6 Å². The van der Waals surface area contributed by atoms with Crippen molar-refractivity contribution in [3.05, 3.63) is 39.5 Å². The number of hydrogen-bond donors (Lipinski definition) is 2. The van der Waals surface area contributed by atoms with Crippen LogP contribution in [-0.4, -0.2) is 35.7 Å². The third kappa shape index (κ3) is 2.83. The zero-order valence-corrected chi connectivity index (χ0v) is 16.7. The molecule has 4 rings (SSSR count). The summed E-state index contributed by atoms with van der Waals surface area (Å²) in [7, 11) is 0. The number of rotatable bonds is 3. The molecule has 1 saturated heterocycles. The van der Waals surface area contributed by atoms with Gasteiger partial charge in [0.15, 0.2) is 11.0 Å². The van der Waals surface area contributed by atoms with Gasteiger partial charge in [0, 0.05) is 35.9 Å². The number of hydrogen-bond acceptors (Lipinski definition) is 5. The fourth-order valence-corrected chi connectivity index (χ4v) is 4.36. The molecule has 0 aliphatic carbocycles. The zero-order chi connectivity index (χ0) is 18.3. The molecule has 136 valence electrons. The molecule has 2 aliphatic rings. The Morgan fingerprint density at radius 2 is 2.08 bits per heavy atom. The molecule has 6 nitrogen and oxygen atoms in total. The van der Waals surface area contributed by atoms with Gasteiger partial charge in [-0.2, -0.15) is 0 Å². The number of piperidine rings is 1. The van der Waals surface area contributed by atoms with Crippen LogP contribution in [0.15, 0.2) is 28.7 Å². The van der Waals surface area contributed by atoms with Crippen LogP contribution in [0.2, 0.25) is 5.15 Å². The first-order valence-electron chi connectivity index (χ1n) is 8.67. The number of nitrogens with one attached hydrogen (secondary N) is 2. The van der Waals surface area contributed by atoms with Crippen LogP contribution < -0.4 is 15.5 Å². The summed E-state index contributed by atoms with van der Waals surface area (Å²) in [5, 5.41) is 14.9. The number of benzene rings is 1. The number of carbonyl (C=O) groups excluding carboxylic acids is 1. The molecule has 1 aromatic heterocycles. The maximum atomic E-state index is 12.7. The minimum Gasteiger partial charge on any atom is -0.383 e. The van der Waals surface area contributed by atoms with E-state index in [1.165, 1.54) is 0 Å². The first kappa shape index (κ1) is 17.5.